The second-order valence-corrected chi connectivity index (χ2v) is 7.35. The highest BCUT2D eigenvalue weighted by Gasteiger charge is 2.27. The van der Waals surface area contributed by atoms with Gasteiger partial charge in [-0.15, -0.1) is 0 Å². The lowest BCUT2D eigenvalue weighted by molar-refractivity contribution is 0.415. The Morgan fingerprint density at radius 2 is 1.84 bits per heavy atom. The molecule has 0 atom stereocenters. The highest BCUT2D eigenvalue weighted by Crippen LogP contribution is 2.33. The van der Waals surface area contributed by atoms with Crippen LogP contribution < -0.4 is 10.2 Å². The van der Waals surface area contributed by atoms with Gasteiger partial charge in [0.25, 0.3) is 0 Å². The van der Waals surface area contributed by atoms with Gasteiger partial charge in [-0.2, -0.15) is 0 Å². The topological polar surface area (TPSA) is 15.3 Å². The van der Waals surface area contributed by atoms with Crippen molar-refractivity contribution in [1.29, 1.82) is 0 Å². The molecule has 1 aromatic carbocycles. The van der Waals surface area contributed by atoms with Crippen LogP contribution in [-0.2, 0) is 5.41 Å². The number of hydrogen-bond donors (Lipinski definition) is 1. The van der Waals surface area contributed by atoms with Gasteiger partial charge < -0.3 is 10.2 Å². The van der Waals surface area contributed by atoms with E-state index >= 15 is 0 Å². The Balaban J connectivity index is 2.35. The van der Waals surface area contributed by atoms with E-state index in [0.29, 0.717) is 0 Å². The zero-order chi connectivity index (χ0) is 14.1. The molecule has 2 nitrogen and oxygen atoms in total. The van der Waals surface area contributed by atoms with Gasteiger partial charge in [-0.3, -0.25) is 0 Å². The molecule has 0 aliphatic carbocycles. The van der Waals surface area contributed by atoms with Crippen LogP contribution in [0.2, 0.25) is 0 Å². The Morgan fingerprint density at radius 1 is 1.16 bits per heavy atom. The number of benzene rings is 1. The lowest BCUT2D eigenvalue weighted by atomic mass is 9.85. The molecule has 1 heterocycles. The van der Waals surface area contributed by atoms with E-state index < -0.39 is 0 Å². The summed E-state index contributed by atoms with van der Waals surface area (Å²) in [6, 6.07) is 8.88. The van der Waals surface area contributed by atoms with Crippen LogP contribution in [0.15, 0.2) is 24.3 Å². The quantitative estimate of drug-likeness (QED) is 0.830. The second kappa shape index (κ2) is 5.16. The fourth-order valence-electron chi connectivity index (χ4n) is 2.90. The summed E-state index contributed by atoms with van der Waals surface area (Å²) in [7, 11) is 0. The van der Waals surface area contributed by atoms with Crippen molar-refractivity contribution in [3.05, 3.63) is 29.8 Å². The maximum Gasteiger partial charge on any atom is 0.0404 e. The summed E-state index contributed by atoms with van der Waals surface area (Å²) in [6.45, 7) is 14.8. The predicted molar refractivity (Wildman–Crippen MR) is 84.1 cm³/mol. The highest BCUT2D eigenvalue weighted by atomic mass is 15.2. The number of nitrogens with one attached hydrogen (secondary N) is 1. The van der Waals surface area contributed by atoms with Gasteiger partial charge in [0.05, 0.1) is 0 Å². The first-order chi connectivity index (χ1) is 8.80. The molecule has 19 heavy (non-hydrogen) atoms. The number of hydrogen-bond acceptors (Lipinski definition) is 2. The molecule has 1 N–H and O–H groups in total. The van der Waals surface area contributed by atoms with E-state index in [2.05, 4.69) is 69.1 Å². The molecule has 0 bridgehead atoms. The number of nitrogens with zero attached hydrogens (tertiary/aromatic N) is 1. The van der Waals surface area contributed by atoms with E-state index in [1.54, 1.807) is 0 Å². The fourth-order valence-corrected chi connectivity index (χ4v) is 2.90. The Kier molecular flexibility index (Phi) is 3.91. The van der Waals surface area contributed by atoms with Crippen molar-refractivity contribution in [3.63, 3.8) is 0 Å². The molecule has 0 radical (unpaired) electrons. The molecule has 1 fully saturated rings. The third kappa shape index (κ3) is 3.50. The molecule has 106 valence electrons. The van der Waals surface area contributed by atoms with Crippen LogP contribution >= 0.6 is 0 Å². The Hall–Kier alpha value is -1.02. The molecule has 1 aliphatic heterocycles. The monoisotopic (exact) mass is 260 g/mol. The van der Waals surface area contributed by atoms with Crippen molar-refractivity contribution in [2.45, 2.75) is 52.0 Å². The van der Waals surface area contributed by atoms with Gasteiger partial charge in [-0.05, 0) is 43.9 Å². The van der Waals surface area contributed by atoms with Gasteiger partial charge in [0.2, 0.25) is 0 Å². The molecular weight excluding hydrogens is 232 g/mol. The number of rotatable bonds is 1. The van der Waals surface area contributed by atoms with Crippen LogP contribution in [-0.4, -0.2) is 25.2 Å². The zero-order valence-electron chi connectivity index (χ0n) is 13.1. The molecule has 0 aromatic heterocycles. The van der Waals surface area contributed by atoms with E-state index in [0.717, 1.165) is 19.6 Å². The molecule has 0 amide bonds. The standard InChI is InChI=1S/C17H28N2/c1-16(2,3)14-9-6-7-10-15(14)19-12-8-11-18-17(4,5)13-19/h6-7,9-10,18H,8,11-13H2,1-5H3. The smallest absolute Gasteiger partial charge is 0.0404 e. The third-order valence-corrected chi connectivity index (χ3v) is 3.85. The molecule has 2 rings (SSSR count). The van der Waals surface area contributed by atoms with Gasteiger partial charge in [0, 0.05) is 24.3 Å². The van der Waals surface area contributed by atoms with E-state index in [9.17, 15) is 0 Å². The van der Waals surface area contributed by atoms with Crippen LogP contribution in [0.5, 0.6) is 0 Å². The van der Waals surface area contributed by atoms with Gasteiger partial charge >= 0.3 is 0 Å². The van der Waals surface area contributed by atoms with Crippen LogP contribution in [0.1, 0.15) is 46.6 Å². The van der Waals surface area contributed by atoms with Crippen LogP contribution in [0.25, 0.3) is 0 Å². The molecule has 0 spiro atoms. The van der Waals surface area contributed by atoms with Gasteiger partial charge in [-0.1, -0.05) is 39.0 Å². The predicted octanol–water partition coefficient (Wildman–Crippen LogP) is 3.56. The third-order valence-electron chi connectivity index (χ3n) is 3.85. The number of para-hydroxylation sites is 1. The molecule has 1 aliphatic rings. The largest absolute Gasteiger partial charge is 0.369 e. The van der Waals surface area contributed by atoms with Crippen molar-refractivity contribution in [2.24, 2.45) is 0 Å². The Labute approximate surface area is 118 Å². The summed E-state index contributed by atoms with van der Waals surface area (Å²) in [4.78, 5) is 2.56. The minimum absolute atomic E-state index is 0.182. The maximum absolute atomic E-state index is 3.64. The SMILES string of the molecule is CC1(C)CN(c2ccccc2C(C)(C)C)CCCN1. The van der Waals surface area contributed by atoms with Crippen molar-refractivity contribution in [2.75, 3.05) is 24.5 Å². The second-order valence-electron chi connectivity index (χ2n) is 7.35. The summed E-state index contributed by atoms with van der Waals surface area (Å²) in [5.41, 5.74) is 3.24. The molecule has 2 heteroatoms. The molecule has 0 saturated carbocycles. The highest BCUT2D eigenvalue weighted by molar-refractivity contribution is 5.56. The lowest BCUT2D eigenvalue weighted by Crippen LogP contribution is -2.46. The van der Waals surface area contributed by atoms with Crippen molar-refractivity contribution >= 4 is 5.69 Å². The summed E-state index contributed by atoms with van der Waals surface area (Å²) in [5.74, 6) is 0. The Bertz CT molecular complexity index is 429. The zero-order valence-corrected chi connectivity index (χ0v) is 13.1. The summed E-state index contributed by atoms with van der Waals surface area (Å²) < 4.78 is 0. The van der Waals surface area contributed by atoms with Gasteiger partial charge in [0.15, 0.2) is 0 Å². The van der Waals surface area contributed by atoms with Crippen molar-refractivity contribution < 1.29 is 0 Å². The fraction of sp³-hybridized carbons (Fsp3) is 0.647. The average molecular weight is 260 g/mol. The first-order valence-electron chi connectivity index (χ1n) is 7.39. The minimum atomic E-state index is 0.182. The van der Waals surface area contributed by atoms with E-state index in [-0.39, 0.29) is 11.0 Å². The van der Waals surface area contributed by atoms with Crippen LogP contribution in [0.4, 0.5) is 5.69 Å². The van der Waals surface area contributed by atoms with E-state index in [1.165, 1.54) is 17.7 Å². The first kappa shape index (κ1) is 14.4. The van der Waals surface area contributed by atoms with Crippen LogP contribution in [0.3, 0.4) is 0 Å². The molecule has 0 unspecified atom stereocenters. The van der Waals surface area contributed by atoms with Crippen LogP contribution in [0, 0.1) is 0 Å². The normalized spacial score (nSPS) is 20.2. The van der Waals surface area contributed by atoms with E-state index in [4.69, 9.17) is 0 Å². The minimum Gasteiger partial charge on any atom is -0.369 e. The molecule has 1 aromatic rings. The summed E-state index contributed by atoms with van der Waals surface area (Å²) in [5, 5.41) is 3.64. The molecule has 1 saturated heterocycles. The lowest BCUT2D eigenvalue weighted by Gasteiger charge is -2.35. The van der Waals surface area contributed by atoms with Crippen molar-refractivity contribution in [3.8, 4) is 0 Å². The number of anilines is 1. The Morgan fingerprint density at radius 3 is 2.53 bits per heavy atom. The molecular formula is C17H28N2. The van der Waals surface area contributed by atoms with E-state index in [1.807, 2.05) is 0 Å². The summed E-state index contributed by atoms with van der Waals surface area (Å²) >= 11 is 0. The average Bonchev–Trinajstić information content (AvgIpc) is 2.49. The maximum atomic E-state index is 3.64. The van der Waals surface area contributed by atoms with Gasteiger partial charge in [-0.25, -0.2) is 0 Å². The summed E-state index contributed by atoms with van der Waals surface area (Å²) in [6.07, 6.45) is 1.21. The van der Waals surface area contributed by atoms with Gasteiger partial charge in [0.1, 0.15) is 0 Å². The first-order valence-corrected chi connectivity index (χ1v) is 7.39. The van der Waals surface area contributed by atoms with Crippen molar-refractivity contribution in [1.82, 2.24) is 5.32 Å².